The molecule has 0 saturated heterocycles. The maximum absolute atomic E-state index is 12.5. The van der Waals surface area contributed by atoms with Gasteiger partial charge in [-0.2, -0.15) is 0 Å². The second kappa shape index (κ2) is 6.74. The highest BCUT2D eigenvalue weighted by Gasteiger charge is 2.25. The number of para-hydroxylation sites is 2. The predicted molar refractivity (Wildman–Crippen MR) is 85.5 cm³/mol. The van der Waals surface area contributed by atoms with Crippen molar-refractivity contribution in [2.45, 2.75) is 6.10 Å². The van der Waals surface area contributed by atoms with Gasteiger partial charge < -0.3 is 14.7 Å². The first kappa shape index (κ1) is 15.5. The standard InChI is InChI=1S/C16H16BrNO3/c1-18(13-9-5-4-8-12(13)17)16(20)15(19)11-7-3-6-10-14(11)21-2/h3-10,15,19H,1-2H3. The molecule has 2 aromatic carbocycles. The molecular formula is C16H16BrNO3. The number of halogens is 1. The first-order valence-electron chi connectivity index (χ1n) is 6.39. The molecule has 0 aliphatic heterocycles. The molecule has 0 aliphatic carbocycles. The Morgan fingerprint density at radius 3 is 2.48 bits per heavy atom. The number of aliphatic hydroxyl groups is 1. The van der Waals surface area contributed by atoms with Gasteiger partial charge in [0.15, 0.2) is 6.10 Å². The van der Waals surface area contributed by atoms with Crippen molar-refractivity contribution in [2.75, 3.05) is 19.1 Å². The summed E-state index contributed by atoms with van der Waals surface area (Å²) in [5.74, 6) is 0.0604. The van der Waals surface area contributed by atoms with Crippen molar-refractivity contribution in [2.24, 2.45) is 0 Å². The van der Waals surface area contributed by atoms with E-state index < -0.39 is 12.0 Å². The lowest BCUT2D eigenvalue weighted by atomic mass is 10.1. The Bertz CT molecular complexity index is 645. The number of carbonyl (C=O) groups excluding carboxylic acids is 1. The molecule has 1 unspecified atom stereocenters. The number of likely N-dealkylation sites (N-methyl/N-ethyl adjacent to an activating group) is 1. The fourth-order valence-electron chi connectivity index (χ4n) is 2.05. The summed E-state index contributed by atoms with van der Waals surface area (Å²) in [6.45, 7) is 0. The SMILES string of the molecule is COc1ccccc1C(O)C(=O)N(C)c1ccccc1Br. The van der Waals surface area contributed by atoms with E-state index in [9.17, 15) is 9.90 Å². The molecule has 2 aromatic rings. The molecular weight excluding hydrogens is 334 g/mol. The average Bonchev–Trinajstić information content (AvgIpc) is 2.53. The zero-order valence-electron chi connectivity index (χ0n) is 11.8. The second-order valence-corrected chi connectivity index (χ2v) is 5.35. The minimum atomic E-state index is -1.28. The molecule has 21 heavy (non-hydrogen) atoms. The lowest BCUT2D eigenvalue weighted by Crippen LogP contribution is -2.32. The van der Waals surface area contributed by atoms with Crippen LogP contribution in [0, 0.1) is 0 Å². The molecule has 0 spiro atoms. The predicted octanol–water partition coefficient (Wildman–Crippen LogP) is 3.15. The lowest BCUT2D eigenvalue weighted by Gasteiger charge is -2.23. The number of amides is 1. The number of ether oxygens (including phenoxy) is 1. The molecule has 1 amide bonds. The first-order valence-corrected chi connectivity index (χ1v) is 7.18. The Morgan fingerprint density at radius 2 is 1.81 bits per heavy atom. The van der Waals surface area contributed by atoms with Crippen LogP contribution < -0.4 is 9.64 Å². The Kier molecular flexibility index (Phi) is 4.98. The third-order valence-corrected chi connectivity index (χ3v) is 3.88. The molecule has 0 saturated carbocycles. The van der Waals surface area contributed by atoms with Crippen molar-refractivity contribution in [3.8, 4) is 5.75 Å². The normalized spacial score (nSPS) is 11.8. The monoisotopic (exact) mass is 349 g/mol. The Hall–Kier alpha value is -1.85. The molecule has 1 N–H and O–H groups in total. The summed E-state index contributed by atoms with van der Waals surface area (Å²) in [4.78, 5) is 13.9. The molecule has 2 rings (SSSR count). The van der Waals surface area contributed by atoms with Gasteiger partial charge >= 0.3 is 0 Å². The molecule has 0 heterocycles. The van der Waals surface area contributed by atoms with Crippen LogP contribution in [0.1, 0.15) is 11.7 Å². The van der Waals surface area contributed by atoms with E-state index in [0.29, 0.717) is 17.0 Å². The van der Waals surface area contributed by atoms with E-state index in [4.69, 9.17) is 4.74 Å². The van der Waals surface area contributed by atoms with Crippen LogP contribution in [0.3, 0.4) is 0 Å². The lowest BCUT2D eigenvalue weighted by molar-refractivity contribution is -0.126. The molecule has 0 bridgehead atoms. The summed E-state index contributed by atoms with van der Waals surface area (Å²) in [7, 11) is 3.13. The number of carbonyl (C=O) groups is 1. The minimum absolute atomic E-state index is 0.425. The smallest absolute Gasteiger partial charge is 0.260 e. The average molecular weight is 350 g/mol. The second-order valence-electron chi connectivity index (χ2n) is 4.49. The summed E-state index contributed by atoms with van der Waals surface area (Å²) in [5.41, 5.74) is 1.14. The third kappa shape index (κ3) is 3.25. The fraction of sp³-hybridized carbons (Fsp3) is 0.188. The summed E-state index contributed by atoms with van der Waals surface area (Å²) in [6.07, 6.45) is -1.28. The van der Waals surface area contributed by atoms with Crippen molar-refractivity contribution in [3.05, 3.63) is 58.6 Å². The highest BCUT2D eigenvalue weighted by molar-refractivity contribution is 9.10. The van der Waals surface area contributed by atoms with Crippen LogP contribution in [0.2, 0.25) is 0 Å². The number of rotatable bonds is 4. The molecule has 0 radical (unpaired) electrons. The van der Waals surface area contributed by atoms with Gasteiger partial charge in [-0.3, -0.25) is 4.79 Å². The largest absolute Gasteiger partial charge is 0.496 e. The van der Waals surface area contributed by atoms with Gasteiger partial charge in [0.1, 0.15) is 5.75 Å². The molecule has 0 aromatic heterocycles. The number of aliphatic hydroxyl groups excluding tert-OH is 1. The van der Waals surface area contributed by atoms with Crippen LogP contribution in [0.4, 0.5) is 5.69 Å². The van der Waals surface area contributed by atoms with Gasteiger partial charge in [0.2, 0.25) is 0 Å². The van der Waals surface area contributed by atoms with E-state index in [-0.39, 0.29) is 0 Å². The van der Waals surface area contributed by atoms with Crippen LogP contribution in [-0.2, 0) is 4.79 Å². The summed E-state index contributed by atoms with van der Waals surface area (Å²) >= 11 is 3.40. The molecule has 1 atom stereocenters. The fourth-order valence-corrected chi connectivity index (χ4v) is 2.60. The van der Waals surface area contributed by atoms with Crippen molar-refractivity contribution in [1.29, 1.82) is 0 Å². The molecule has 110 valence electrons. The van der Waals surface area contributed by atoms with Gasteiger partial charge in [-0.05, 0) is 34.1 Å². The van der Waals surface area contributed by atoms with Gasteiger partial charge in [-0.1, -0.05) is 30.3 Å². The van der Waals surface area contributed by atoms with E-state index in [1.54, 1.807) is 37.4 Å². The molecule has 5 heteroatoms. The Morgan fingerprint density at radius 1 is 1.19 bits per heavy atom. The molecule has 0 fully saturated rings. The summed E-state index contributed by atoms with van der Waals surface area (Å²) in [5, 5.41) is 10.3. The summed E-state index contributed by atoms with van der Waals surface area (Å²) < 4.78 is 5.97. The zero-order valence-corrected chi connectivity index (χ0v) is 13.4. The van der Waals surface area contributed by atoms with E-state index >= 15 is 0 Å². The Labute approximate surface area is 132 Å². The number of hydrogen-bond acceptors (Lipinski definition) is 3. The van der Waals surface area contributed by atoms with E-state index in [2.05, 4.69) is 15.9 Å². The van der Waals surface area contributed by atoms with Crippen LogP contribution in [0.15, 0.2) is 53.0 Å². The van der Waals surface area contributed by atoms with Gasteiger partial charge in [0.25, 0.3) is 5.91 Å². The van der Waals surface area contributed by atoms with Crippen molar-refractivity contribution in [3.63, 3.8) is 0 Å². The van der Waals surface area contributed by atoms with Crippen molar-refractivity contribution < 1.29 is 14.6 Å². The number of hydrogen-bond donors (Lipinski definition) is 1. The van der Waals surface area contributed by atoms with Crippen LogP contribution >= 0.6 is 15.9 Å². The van der Waals surface area contributed by atoms with Crippen molar-refractivity contribution in [1.82, 2.24) is 0 Å². The molecule has 4 nitrogen and oxygen atoms in total. The van der Waals surface area contributed by atoms with Gasteiger partial charge in [0, 0.05) is 17.1 Å². The van der Waals surface area contributed by atoms with Gasteiger partial charge in [-0.15, -0.1) is 0 Å². The zero-order chi connectivity index (χ0) is 15.4. The van der Waals surface area contributed by atoms with Gasteiger partial charge in [-0.25, -0.2) is 0 Å². The first-order chi connectivity index (χ1) is 10.1. The number of methoxy groups -OCH3 is 1. The summed E-state index contributed by atoms with van der Waals surface area (Å²) in [6, 6.07) is 14.3. The minimum Gasteiger partial charge on any atom is -0.496 e. The van der Waals surface area contributed by atoms with Crippen LogP contribution in [-0.4, -0.2) is 25.2 Å². The number of nitrogens with zero attached hydrogens (tertiary/aromatic N) is 1. The van der Waals surface area contributed by atoms with Crippen LogP contribution in [0.5, 0.6) is 5.75 Å². The third-order valence-electron chi connectivity index (χ3n) is 3.21. The highest BCUT2D eigenvalue weighted by atomic mass is 79.9. The van der Waals surface area contributed by atoms with Crippen molar-refractivity contribution >= 4 is 27.5 Å². The quantitative estimate of drug-likeness (QED) is 0.922. The van der Waals surface area contributed by atoms with Gasteiger partial charge in [0.05, 0.1) is 12.8 Å². The number of benzene rings is 2. The van der Waals surface area contributed by atoms with Crippen LogP contribution in [0.25, 0.3) is 0 Å². The van der Waals surface area contributed by atoms with E-state index in [0.717, 1.165) is 4.47 Å². The van der Waals surface area contributed by atoms with E-state index in [1.165, 1.54) is 12.0 Å². The maximum Gasteiger partial charge on any atom is 0.260 e. The highest BCUT2D eigenvalue weighted by Crippen LogP contribution is 2.30. The number of anilines is 1. The van der Waals surface area contributed by atoms with E-state index in [1.807, 2.05) is 18.2 Å². The molecule has 0 aliphatic rings. The Balaban J connectivity index is 2.29. The maximum atomic E-state index is 12.5. The topological polar surface area (TPSA) is 49.8 Å².